The van der Waals surface area contributed by atoms with Crippen LogP contribution in [0.3, 0.4) is 0 Å². The van der Waals surface area contributed by atoms with E-state index >= 15 is 0 Å². The molecule has 0 unspecified atom stereocenters. The van der Waals surface area contributed by atoms with Crippen LogP contribution < -0.4 is 5.63 Å². The summed E-state index contributed by atoms with van der Waals surface area (Å²) < 4.78 is 11.8. The van der Waals surface area contributed by atoms with Gasteiger partial charge in [0.15, 0.2) is 0 Å². The van der Waals surface area contributed by atoms with Crippen LogP contribution in [0.25, 0.3) is 0 Å². The van der Waals surface area contributed by atoms with E-state index in [9.17, 15) is 15.0 Å². The smallest absolute Gasteiger partial charge is 0.335 e. The molecule has 0 aromatic carbocycles. The molecule has 158 valence electrons. The molecule has 0 amide bonds. The van der Waals surface area contributed by atoms with E-state index < -0.39 is 5.60 Å². The summed E-state index contributed by atoms with van der Waals surface area (Å²) in [6.45, 7) is 4.67. The lowest BCUT2D eigenvalue weighted by atomic mass is 9.42. The molecule has 4 aliphatic carbocycles. The number of hydrogen-bond acceptors (Lipinski definition) is 5. The molecule has 0 bridgehead atoms. The third-order valence-corrected chi connectivity index (χ3v) is 10.3. The van der Waals surface area contributed by atoms with Gasteiger partial charge < -0.3 is 19.4 Å². The largest absolute Gasteiger partial charge is 0.431 e. The number of rotatable bonds is 1. The summed E-state index contributed by atoms with van der Waals surface area (Å²) in [6.07, 6.45) is 8.69. The number of ether oxygens (including phenoxy) is 1. The van der Waals surface area contributed by atoms with E-state index in [1.54, 1.807) is 6.26 Å². The van der Waals surface area contributed by atoms with E-state index in [2.05, 4.69) is 13.8 Å². The van der Waals surface area contributed by atoms with Crippen molar-refractivity contribution in [1.29, 1.82) is 0 Å². The number of aliphatic hydroxyl groups excluding tert-OH is 1. The minimum absolute atomic E-state index is 0.0404. The summed E-state index contributed by atoms with van der Waals surface area (Å²) in [6, 6.07) is 3.48. The summed E-state index contributed by atoms with van der Waals surface area (Å²) in [5, 5.41) is 21.8. The highest BCUT2D eigenvalue weighted by molar-refractivity contribution is 5.35. The quantitative estimate of drug-likeness (QED) is 0.706. The molecule has 9 atom stereocenters. The Bertz CT molecular complexity index is 890. The van der Waals surface area contributed by atoms with Gasteiger partial charge in [-0.1, -0.05) is 13.8 Å². The first-order chi connectivity index (χ1) is 13.7. The number of epoxide rings is 1. The lowest BCUT2D eigenvalue weighted by Gasteiger charge is -2.64. The molecule has 5 heteroatoms. The average molecular weight is 401 g/mol. The van der Waals surface area contributed by atoms with Crippen LogP contribution >= 0.6 is 0 Å². The summed E-state index contributed by atoms with van der Waals surface area (Å²) >= 11 is 0. The molecular weight excluding hydrogens is 368 g/mol. The molecule has 0 radical (unpaired) electrons. The number of fused-ring (bicyclic) bond motifs is 3. The Labute approximate surface area is 171 Å². The predicted molar refractivity (Wildman–Crippen MR) is 106 cm³/mol. The van der Waals surface area contributed by atoms with Gasteiger partial charge in [0, 0.05) is 17.9 Å². The fourth-order valence-electron chi connectivity index (χ4n) is 8.73. The molecule has 29 heavy (non-hydrogen) atoms. The molecule has 1 aromatic heterocycles. The third-order valence-electron chi connectivity index (χ3n) is 10.3. The van der Waals surface area contributed by atoms with Crippen molar-refractivity contribution in [3.8, 4) is 0 Å². The Hall–Kier alpha value is -1.17. The second kappa shape index (κ2) is 5.54. The molecular formula is C24H32O5. The number of hydrogen-bond donors (Lipinski definition) is 2. The SMILES string of the molecule is C[C@@]12CC[C@H]3[C@H](CC[C@]4(O)C[C@@H](O)CC[C@]34C)[C@@]13O[C@@H]3C[C@@H]2c1ccc(=O)oc1. The first-order valence-corrected chi connectivity index (χ1v) is 11.4. The van der Waals surface area contributed by atoms with Crippen LogP contribution in [0, 0.1) is 22.7 Å². The van der Waals surface area contributed by atoms with Gasteiger partial charge >= 0.3 is 5.63 Å². The maximum absolute atomic E-state index is 11.6. The van der Waals surface area contributed by atoms with Crippen LogP contribution in [0.5, 0.6) is 0 Å². The van der Waals surface area contributed by atoms with Crippen LogP contribution in [-0.2, 0) is 4.74 Å². The van der Waals surface area contributed by atoms with Crippen molar-refractivity contribution in [3.05, 3.63) is 34.4 Å². The second-order valence-corrected chi connectivity index (χ2v) is 11.1. The summed E-state index contributed by atoms with van der Waals surface area (Å²) in [7, 11) is 0. The Morgan fingerprint density at radius 3 is 2.55 bits per heavy atom. The van der Waals surface area contributed by atoms with Gasteiger partial charge in [0.2, 0.25) is 0 Å². The minimum Gasteiger partial charge on any atom is -0.431 e. The van der Waals surface area contributed by atoms with Crippen molar-refractivity contribution in [2.75, 3.05) is 0 Å². The first kappa shape index (κ1) is 18.6. The van der Waals surface area contributed by atoms with Crippen molar-refractivity contribution in [1.82, 2.24) is 0 Å². The lowest BCUT2D eigenvalue weighted by Crippen LogP contribution is -2.65. The normalized spacial score (nSPS) is 55.4. The van der Waals surface area contributed by atoms with Gasteiger partial charge in [-0.15, -0.1) is 0 Å². The van der Waals surface area contributed by atoms with E-state index in [0.717, 1.165) is 50.5 Å². The van der Waals surface area contributed by atoms with Crippen molar-refractivity contribution in [3.63, 3.8) is 0 Å². The van der Waals surface area contributed by atoms with Crippen molar-refractivity contribution in [2.45, 2.75) is 94.5 Å². The van der Waals surface area contributed by atoms with E-state index in [1.165, 1.54) is 6.07 Å². The zero-order valence-corrected chi connectivity index (χ0v) is 17.4. The Morgan fingerprint density at radius 2 is 1.79 bits per heavy atom. The van der Waals surface area contributed by atoms with E-state index in [0.29, 0.717) is 24.2 Å². The van der Waals surface area contributed by atoms with Crippen molar-refractivity contribution in [2.24, 2.45) is 22.7 Å². The average Bonchev–Trinajstić information content (AvgIpc) is 3.34. The summed E-state index contributed by atoms with van der Waals surface area (Å²) in [5.74, 6) is 1.26. The molecule has 2 heterocycles. The fraction of sp³-hybridized carbons (Fsp3) is 0.792. The molecule has 5 aliphatic rings. The monoisotopic (exact) mass is 400 g/mol. The van der Waals surface area contributed by atoms with Gasteiger partial charge in [0.05, 0.1) is 24.1 Å². The summed E-state index contributed by atoms with van der Waals surface area (Å²) in [5.41, 5.74) is -0.118. The second-order valence-electron chi connectivity index (χ2n) is 11.1. The zero-order chi connectivity index (χ0) is 20.2. The van der Waals surface area contributed by atoms with Crippen LogP contribution in [0.1, 0.15) is 76.7 Å². The van der Waals surface area contributed by atoms with Crippen molar-refractivity contribution < 1.29 is 19.4 Å². The van der Waals surface area contributed by atoms with Crippen LogP contribution in [0.2, 0.25) is 0 Å². The van der Waals surface area contributed by atoms with E-state index in [4.69, 9.17) is 9.15 Å². The number of aliphatic hydroxyl groups is 2. The molecule has 6 rings (SSSR count). The zero-order valence-electron chi connectivity index (χ0n) is 17.4. The molecule has 1 aromatic rings. The molecule has 1 saturated heterocycles. The highest BCUT2D eigenvalue weighted by atomic mass is 16.6. The van der Waals surface area contributed by atoms with Crippen LogP contribution in [-0.4, -0.2) is 33.6 Å². The lowest BCUT2D eigenvalue weighted by molar-refractivity contribution is -0.223. The van der Waals surface area contributed by atoms with E-state index in [1.807, 2.05) is 6.07 Å². The van der Waals surface area contributed by atoms with Gasteiger partial charge in [0.25, 0.3) is 0 Å². The van der Waals surface area contributed by atoms with Gasteiger partial charge in [-0.2, -0.15) is 0 Å². The highest BCUT2D eigenvalue weighted by Gasteiger charge is 2.81. The Kier molecular flexibility index (Phi) is 3.55. The van der Waals surface area contributed by atoms with Crippen LogP contribution in [0.15, 0.2) is 27.6 Å². The molecule has 5 nitrogen and oxygen atoms in total. The van der Waals surface area contributed by atoms with Gasteiger partial charge in [0.1, 0.15) is 5.60 Å². The Balaban J connectivity index is 1.37. The minimum atomic E-state index is -0.749. The van der Waals surface area contributed by atoms with Gasteiger partial charge in [-0.3, -0.25) is 0 Å². The maximum atomic E-state index is 11.6. The highest BCUT2D eigenvalue weighted by Crippen LogP contribution is 2.78. The summed E-state index contributed by atoms with van der Waals surface area (Å²) in [4.78, 5) is 11.4. The fourth-order valence-corrected chi connectivity index (χ4v) is 8.73. The predicted octanol–water partition coefficient (Wildman–Crippen LogP) is 3.37. The molecule has 4 saturated carbocycles. The van der Waals surface area contributed by atoms with Crippen molar-refractivity contribution >= 4 is 0 Å². The van der Waals surface area contributed by atoms with Crippen LogP contribution in [0.4, 0.5) is 0 Å². The third kappa shape index (κ3) is 2.10. The molecule has 1 spiro atoms. The molecule has 1 aliphatic heterocycles. The van der Waals surface area contributed by atoms with Gasteiger partial charge in [-0.05, 0) is 79.7 Å². The van der Waals surface area contributed by atoms with E-state index in [-0.39, 0.29) is 34.3 Å². The molecule has 5 fully saturated rings. The first-order valence-electron chi connectivity index (χ1n) is 11.4. The topological polar surface area (TPSA) is 83.2 Å². The Morgan fingerprint density at radius 1 is 1.03 bits per heavy atom. The van der Waals surface area contributed by atoms with Gasteiger partial charge in [-0.25, -0.2) is 4.79 Å². The molecule has 2 N–H and O–H groups in total. The maximum Gasteiger partial charge on any atom is 0.335 e. The standard InChI is InChI=1S/C24H32O5/c1-21-8-5-15(25)12-23(21,27)10-7-17-16(21)6-9-22(2)18(11-19-24(17,22)29-19)14-3-4-20(26)28-13-14/h3-4,13,15-19,25,27H,5-12H2,1-2H3/t15-,16-,17-,18+,19+,21+,22-,23-,24-/m0/s1.